The Kier molecular flexibility index (Phi) is 4.52. The monoisotopic (exact) mass is 289 g/mol. The zero-order chi connectivity index (χ0) is 14.2. The Balaban J connectivity index is 0.00000161. The third kappa shape index (κ3) is 2.50. The molecular weight excluding hydrogens is 275 g/mol. The summed E-state index contributed by atoms with van der Waals surface area (Å²) in [6.07, 6.45) is 7.47. The molecule has 1 aliphatic heterocycles. The first kappa shape index (κ1) is 15.8. The molecule has 101 valence electrons. The number of benzene rings is 1. The molecule has 21 heavy (non-hydrogen) atoms. The Morgan fingerprint density at radius 1 is 1.10 bits per heavy atom. The summed E-state index contributed by atoms with van der Waals surface area (Å²) in [5, 5.41) is 5.12. The number of nitrogens with one attached hydrogen (secondary N) is 2. The van der Waals surface area contributed by atoms with Crippen LogP contribution < -0.4 is 10.6 Å². The molecule has 1 radical (unpaired) electrons. The summed E-state index contributed by atoms with van der Waals surface area (Å²) in [6.45, 7) is 4.00. The molecule has 5 heteroatoms. The zero-order valence-corrected chi connectivity index (χ0v) is 13.8. The first-order chi connectivity index (χ1) is 9.64. The number of rotatable bonds is 2. The minimum absolute atomic E-state index is 0. The van der Waals surface area contributed by atoms with E-state index in [1.807, 2.05) is 54.6 Å². The Hall–Kier alpha value is -1.62. The smallest absolute Gasteiger partial charge is 0.319 e. The topological polar surface area (TPSA) is 58.2 Å². The molecule has 2 aliphatic rings. The Bertz CT molecular complexity index is 652. The molecule has 2 unspecified atom stereocenters. The van der Waals surface area contributed by atoms with Crippen LogP contribution in [0.25, 0.3) is 0 Å². The van der Waals surface area contributed by atoms with Crippen LogP contribution in [0.4, 0.5) is 4.79 Å². The number of allylic oxidation sites excluding steroid dienone is 3. The van der Waals surface area contributed by atoms with Crippen LogP contribution in [0, 0.1) is 5.92 Å². The van der Waals surface area contributed by atoms with Gasteiger partial charge in [0.2, 0.25) is 0 Å². The van der Waals surface area contributed by atoms with E-state index in [0.717, 1.165) is 11.1 Å². The number of amides is 3. The molecular formula is C16H14N2NaO2. The minimum atomic E-state index is -1.13. The van der Waals surface area contributed by atoms with Crippen molar-refractivity contribution in [1.82, 2.24) is 10.6 Å². The quantitative estimate of drug-likeness (QED) is 0.642. The van der Waals surface area contributed by atoms with Gasteiger partial charge in [-0.25, -0.2) is 4.79 Å². The summed E-state index contributed by atoms with van der Waals surface area (Å²) < 4.78 is 0. The van der Waals surface area contributed by atoms with E-state index in [2.05, 4.69) is 17.2 Å². The molecule has 1 aromatic rings. The largest absolute Gasteiger partial charge is 0.322 e. The van der Waals surface area contributed by atoms with Gasteiger partial charge in [-0.1, -0.05) is 61.2 Å². The third-order valence-electron chi connectivity index (χ3n) is 3.72. The second-order valence-corrected chi connectivity index (χ2v) is 4.88. The van der Waals surface area contributed by atoms with Gasteiger partial charge in [-0.3, -0.25) is 10.1 Å². The molecule has 1 aliphatic carbocycles. The van der Waals surface area contributed by atoms with Gasteiger partial charge >= 0.3 is 6.03 Å². The number of hydrogen-bond acceptors (Lipinski definition) is 2. The fraction of sp³-hybridized carbons (Fsp3) is 0.125. The molecule has 0 bridgehead atoms. The number of carbonyl (C=O) groups is 2. The average Bonchev–Trinajstić information content (AvgIpc) is 2.76. The van der Waals surface area contributed by atoms with Gasteiger partial charge < -0.3 is 5.32 Å². The number of carbonyl (C=O) groups excluding carboxylic acids is 2. The molecule has 1 saturated heterocycles. The van der Waals surface area contributed by atoms with E-state index in [0.29, 0.717) is 0 Å². The molecule has 2 N–H and O–H groups in total. The van der Waals surface area contributed by atoms with Gasteiger partial charge in [-0.05, 0) is 11.1 Å². The predicted molar refractivity (Wildman–Crippen MR) is 81.5 cm³/mol. The van der Waals surface area contributed by atoms with Crippen molar-refractivity contribution in [2.45, 2.75) is 5.54 Å². The fourth-order valence-electron chi connectivity index (χ4n) is 2.78. The van der Waals surface area contributed by atoms with Crippen LogP contribution in [-0.2, 0) is 10.3 Å². The van der Waals surface area contributed by atoms with Crippen LogP contribution >= 0.6 is 0 Å². The van der Waals surface area contributed by atoms with Gasteiger partial charge in [0.25, 0.3) is 5.91 Å². The molecule has 0 spiro atoms. The van der Waals surface area contributed by atoms with E-state index in [1.54, 1.807) is 0 Å². The molecule has 0 saturated carbocycles. The molecule has 3 rings (SSSR count). The van der Waals surface area contributed by atoms with E-state index < -0.39 is 11.6 Å². The van der Waals surface area contributed by atoms with E-state index >= 15 is 0 Å². The van der Waals surface area contributed by atoms with Crippen molar-refractivity contribution in [3.63, 3.8) is 0 Å². The van der Waals surface area contributed by atoms with E-state index in [-0.39, 0.29) is 41.4 Å². The Labute approximate surface area is 145 Å². The van der Waals surface area contributed by atoms with Gasteiger partial charge in [0.1, 0.15) is 0 Å². The van der Waals surface area contributed by atoms with E-state index in [1.165, 1.54) is 0 Å². The van der Waals surface area contributed by atoms with E-state index in [9.17, 15) is 9.59 Å². The van der Waals surface area contributed by atoms with Crippen LogP contribution in [0.3, 0.4) is 0 Å². The second kappa shape index (κ2) is 6.02. The standard InChI is InChI=1S/C16H14N2O2.Na/c1-11-7-5-6-10-13(11)16(12-8-3-2-4-9-12)14(19)17-15(20)18-16;/h2-10,13H,1H2,(H2,17,18,19,20);. The first-order valence-electron chi connectivity index (χ1n) is 6.37. The van der Waals surface area contributed by atoms with Crippen molar-refractivity contribution < 1.29 is 9.59 Å². The maximum atomic E-state index is 12.5. The van der Waals surface area contributed by atoms with Gasteiger partial charge in [0.15, 0.2) is 5.54 Å². The van der Waals surface area contributed by atoms with Crippen molar-refractivity contribution in [3.05, 3.63) is 72.4 Å². The summed E-state index contributed by atoms with van der Waals surface area (Å²) in [7, 11) is 0. The normalized spacial score (nSPS) is 27.0. The maximum absolute atomic E-state index is 12.5. The summed E-state index contributed by atoms with van der Waals surface area (Å²) in [5.41, 5.74) is 0.402. The molecule has 1 aromatic carbocycles. The fourth-order valence-corrected chi connectivity index (χ4v) is 2.78. The minimum Gasteiger partial charge on any atom is -0.319 e. The van der Waals surface area contributed by atoms with Crippen LogP contribution in [-0.4, -0.2) is 41.5 Å². The van der Waals surface area contributed by atoms with Crippen molar-refractivity contribution in [2.75, 3.05) is 0 Å². The Morgan fingerprint density at radius 3 is 2.38 bits per heavy atom. The second-order valence-electron chi connectivity index (χ2n) is 4.88. The molecule has 0 aromatic heterocycles. The first-order valence-corrected chi connectivity index (χ1v) is 6.37. The van der Waals surface area contributed by atoms with Crippen LogP contribution in [0.2, 0.25) is 0 Å². The predicted octanol–water partition coefficient (Wildman–Crippen LogP) is 1.64. The van der Waals surface area contributed by atoms with Crippen LogP contribution in [0.15, 0.2) is 66.8 Å². The molecule has 2 atom stereocenters. The summed E-state index contributed by atoms with van der Waals surface area (Å²) in [4.78, 5) is 24.1. The van der Waals surface area contributed by atoms with Crippen molar-refractivity contribution in [1.29, 1.82) is 0 Å². The van der Waals surface area contributed by atoms with Gasteiger partial charge in [0, 0.05) is 35.5 Å². The zero-order valence-electron chi connectivity index (χ0n) is 11.8. The van der Waals surface area contributed by atoms with Crippen LogP contribution in [0.5, 0.6) is 0 Å². The number of imide groups is 1. The van der Waals surface area contributed by atoms with Gasteiger partial charge in [0.05, 0.1) is 0 Å². The summed E-state index contributed by atoms with van der Waals surface area (Å²) >= 11 is 0. The average molecular weight is 289 g/mol. The summed E-state index contributed by atoms with van der Waals surface area (Å²) in [6, 6.07) is 8.77. The van der Waals surface area contributed by atoms with Gasteiger partial charge in [-0.15, -0.1) is 0 Å². The third-order valence-corrected chi connectivity index (χ3v) is 3.72. The van der Waals surface area contributed by atoms with Crippen molar-refractivity contribution in [2.24, 2.45) is 5.92 Å². The van der Waals surface area contributed by atoms with E-state index in [4.69, 9.17) is 0 Å². The molecule has 4 nitrogen and oxygen atoms in total. The number of urea groups is 1. The number of hydrogen-bond donors (Lipinski definition) is 2. The SMILES string of the molecule is C=C1C=CC=CC1C1(c2ccccc2)NC(=O)NC1=O.[Na]. The maximum Gasteiger partial charge on any atom is 0.322 e. The van der Waals surface area contributed by atoms with Crippen molar-refractivity contribution >= 4 is 41.5 Å². The van der Waals surface area contributed by atoms with Crippen molar-refractivity contribution in [3.8, 4) is 0 Å². The van der Waals surface area contributed by atoms with Crippen LogP contribution in [0.1, 0.15) is 5.56 Å². The molecule has 3 amide bonds. The van der Waals surface area contributed by atoms with Gasteiger partial charge in [-0.2, -0.15) is 0 Å². The molecule has 1 fully saturated rings. The summed E-state index contributed by atoms with van der Waals surface area (Å²) in [5.74, 6) is -0.652. The Morgan fingerprint density at radius 2 is 1.81 bits per heavy atom. The molecule has 1 heterocycles.